The van der Waals surface area contributed by atoms with E-state index in [1.807, 2.05) is 4.68 Å². The Labute approximate surface area is 201 Å². The largest absolute Gasteiger partial charge is 0.435 e. The fourth-order valence-electron chi connectivity index (χ4n) is 5.79. The van der Waals surface area contributed by atoms with E-state index in [1.165, 1.54) is 6.07 Å². The summed E-state index contributed by atoms with van der Waals surface area (Å²) in [6.07, 6.45) is 5.34. The summed E-state index contributed by atoms with van der Waals surface area (Å²) in [4.78, 5) is 13.1. The van der Waals surface area contributed by atoms with Crippen molar-refractivity contribution in [1.82, 2.24) is 15.1 Å². The second-order valence-corrected chi connectivity index (χ2v) is 12.3. The lowest BCUT2D eigenvalue weighted by Gasteiger charge is -2.39. The lowest BCUT2D eigenvalue weighted by molar-refractivity contribution is -0.126. The lowest BCUT2D eigenvalue weighted by atomic mass is 9.84. The summed E-state index contributed by atoms with van der Waals surface area (Å²) in [6, 6.07) is 3.64. The fraction of sp³-hybridized carbons (Fsp3) is 0.583. The van der Waals surface area contributed by atoms with Crippen molar-refractivity contribution >= 4 is 15.7 Å². The molecule has 1 atom stereocenters. The van der Waals surface area contributed by atoms with Crippen LogP contribution in [0.4, 0.5) is 13.2 Å². The quantitative estimate of drug-likeness (QED) is 0.637. The van der Waals surface area contributed by atoms with Gasteiger partial charge in [-0.15, -0.1) is 0 Å². The van der Waals surface area contributed by atoms with Gasteiger partial charge in [-0.3, -0.25) is 9.48 Å². The zero-order valence-corrected chi connectivity index (χ0v) is 20.2. The van der Waals surface area contributed by atoms with Crippen molar-refractivity contribution in [3.63, 3.8) is 0 Å². The molecule has 1 aromatic heterocycles. The second kappa shape index (κ2) is 8.83. The summed E-state index contributed by atoms with van der Waals surface area (Å²) in [7, 11) is -3.10. The number of carbonyl (C=O) groups excluding carboxylic acids is 1. The van der Waals surface area contributed by atoms with Crippen molar-refractivity contribution in [1.29, 1.82) is 0 Å². The molecule has 3 aliphatic rings. The first kappa shape index (κ1) is 24.1. The van der Waals surface area contributed by atoms with Crippen molar-refractivity contribution in [2.75, 3.05) is 11.5 Å². The maximum absolute atomic E-state index is 14.8. The predicted octanol–water partition coefficient (Wildman–Crippen LogP) is 3.81. The minimum Gasteiger partial charge on any atom is -0.435 e. The van der Waals surface area contributed by atoms with Gasteiger partial charge in [-0.1, -0.05) is 12.8 Å². The molecule has 1 saturated carbocycles. The molecule has 2 aliphatic carbocycles. The predicted molar refractivity (Wildman–Crippen MR) is 122 cm³/mol. The summed E-state index contributed by atoms with van der Waals surface area (Å²) in [6.45, 7) is -1.29. The number of rotatable bonds is 6. The fourth-order valence-corrected chi connectivity index (χ4v) is 7.79. The zero-order chi connectivity index (χ0) is 25.0. The van der Waals surface area contributed by atoms with Gasteiger partial charge in [0, 0.05) is 29.2 Å². The number of benzene rings is 1. The van der Waals surface area contributed by atoms with Crippen LogP contribution in [0.25, 0.3) is 11.3 Å². The van der Waals surface area contributed by atoms with Crippen LogP contribution in [0.15, 0.2) is 18.2 Å². The van der Waals surface area contributed by atoms with Crippen LogP contribution in [0, 0.1) is 11.7 Å². The van der Waals surface area contributed by atoms with Crippen molar-refractivity contribution in [3.05, 3.63) is 35.3 Å². The Balaban J connectivity index is 1.46. The van der Waals surface area contributed by atoms with Gasteiger partial charge in [0.05, 0.1) is 28.8 Å². The molecule has 5 rings (SSSR count). The van der Waals surface area contributed by atoms with Gasteiger partial charge in [0.2, 0.25) is 5.91 Å². The molecule has 2 heterocycles. The zero-order valence-electron chi connectivity index (χ0n) is 19.4. The average molecular weight is 512 g/mol. The molecule has 2 fully saturated rings. The van der Waals surface area contributed by atoms with Crippen LogP contribution < -0.4 is 10.1 Å². The number of nitrogens with zero attached hydrogens (tertiary/aromatic N) is 2. The van der Waals surface area contributed by atoms with E-state index >= 15 is 0 Å². The van der Waals surface area contributed by atoms with Crippen LogP contribution in [0.3, 0.4) is 0 Å². The normalized spacial score (nSPS) is 23.1. The van der Waals surface area contributed by atoms with E-state index in [2.05, 4.69) is 10.1 Å². The Kier molecular flexibility index (Phi) is 6.09. The first-order valence-corrected chi connectivity index (χ1v) is 13.7. The molecule has 1 amide bonds. The van der Waals surface area contributed by atoms with Gasteiger partial charge in [0.25, 0.3) is 0 Å². The van der Waals surface area contributed by atoms with Crippen LogP contribution in [0.5, 0.6) is 5.75 Å². The Morgan fingerprint density at radius 1 is 1.23 bits per heavy atom. The van der Waals surface area contributed by atoms with Crippen LogP contribution in [0.2, 0.25) is 0 Å². The van der Waals surface area contributed by atoms with Gasteiger partial charge in [0.1, 0.15) is 11.6 Å². The molecule has 11 heteroatoms. The number of carbonyl (C=O) groups is 1. The molecule has 7 nitrogen and oxygen atoms in total. The van der Waals surface area contributed by atoms with Gasteiger partial charge in [-0.25, -0.2) is 12.8 Å². The Bertz CT molecular complexity index is 1240. The number of halogens is 3. The number of sulfone groups is 1. The summed E-state index contributed by atoms with van der Waals surface area (Å²) in [5.74, 6) is -1.39. The molecule has 1 aliphatic heterocycles. The van der Waals surface area contributed by atoms with Crippen molar-refractivity contribution in [3.8, 4) is 17.0 Å². The molecule has 0 bridgehead atoms. The van der Waals surface area contributed by atoms with Crippen LogP contribution in [-0.2, 0) is 27.5 Å². The number of hydrogen-bond donors (Lipinski definition) is 1. The molecule has 0 spiro atoms. The van der Waals surface area contributed by atoms with E-state index < -0.39 is 27.8 Å². The molecule has 0 radical (unpaired) electrons. The van der Waals surface area contributed by atoms with E-state index in [9.17, 15) is 26.4 Å². The molecule has 1 N–H and O–H groups in total. The number of aromatic nitrogens is 2. The third-order valence-electron chi connectivity index (χ3n) is 7.26. The Morgan fingerprint density at radius 2 is 1.94 bits per heavy atom. The van der Waals surface area contributed by atoms with Crippen LogP contribution in [-0.4, -0.2) is 47.8 Å². The number of nitrogens with one attached hydrogen (secondary N) is 1. The van der Waals surface area contributed by atoms with Crippen LogP contribution in [0.1, 0.15) is 56.3 Å². The average Bonchev–Trinajstić information content (AvgIpc) is 3.40. The first-order valence-electron chi connectivity index (χ1n) is 11.9. The second-order valence-electron chi connectivity index (χ2n) is 10.2. The molecule has 190 valence electrons. The maximum atomic E-state index is 14.8. The Morgan fingerprint density at radius 3 is 2.60 bits per heavy atom. The van der Waals surface area contributed by atoms with Gasteiger partial charge in [-0.05, 0) is 50.8 Å². The van der Waals surface area contributed by atoms with Gasteiger partial charge < -0.3 is 10.1 Å². The number of hydrogen-bond acceptors (Lipinski definition) is 5. The topological polar surface area (TPSA) is 90.3 Å². The molecule has 2 aromatic rings. The number of fused-ring (bicyclic) bond motifs is 1. The van der Waals surface area contributed by atoms with E-state index in [1.54, 1.807) is 6.92 Å². The monoisotopic (exact) mass is 511 g/mol. The highest BCUT2D eigenvalue weighted by molar-refractivity contribution is 7.93. The van der Waals surface area contributed by atoms with E-state index in [0.29, 0.717) is 25.0 Å². The van der Waals surface area contributed by atoms with Crippen molar-refractivity contribution < 1.29 is 31.1 Å². The highest BCUT2D eigenvalue weighted by Crippen LogP contribution is 2.40. The molecule has 35 heavy (non-hydrogen) atoms. The summed E-state index contributed by atoms with van der Waals surface area (Å²) < 4.78 is 69.9. The van der Waals surface area contributed by atoms with Gasteiger partial charge in [-0.2, -0.15) is 13.9 Å². The summed E-state index contributed by atoms with van der Waals surface area (Å²) in [5.41, 5.74) is 1.45. The number of amides is 1. The smallest absolute Gasteiger partial charge is 0.387 e. The molecule has 0 unspecified atom stereocenters. The third kappa shape index (κ3) is 4.79. The van der Waals surface area contributed by atoms with Crippen molar-refractivity contribution in [2.24, 2.45) is 5.92 Å². The molecule has 1 aromatic carbocycles. The van der Waals surface area contributed by atoms with Gasteiger partial charge in [0.15, 0.2) is 9.84 Å². The van der Waals surface area contributed by atoms with Crippen molar-refractivity contribution in [2.45, 2.75) is 70.1 Å². The van der Waals surface area contributed by atoms with Gasteiger partial charge >= 0.3 is 6.61 Å². The van der Waals surface area contributed by atoms with E-state index in [4.69, 9.17) is 5.10 Å². The highest BCUT2D eigenvalue weighted by Gasteiger charge is 2.46. The standard InChI is InChI=1S/C24H28F3N3O4S/c1-24(12-35(32,33)13-24)28-22(31)14-6-8-17-20(10-14)30(15-4-2-3-5-15)29-21(17)18-11-16(34-23(26)27)7-9-19(18)25/h7,9,11,14-15,23H,2-6,8,10,12-13H2,1H3,(H,28,31)/t14-/m1/s1. The minimum absolute atomic E-state index is 0.0653. The highest BCUT2D eigenvalue weighted by atomic mass is 32.2. The summed E-state index contributed by atoms with van der Waals surface area (Å²) >= 11 is 0. The molecular weight excluding hydrogens is 483 g/mol. The molecule has 1 saturated heterocycles. The number of alkyl halides is 2. The Hall–Kier alpha value is -2.56. The van der Waals surface area contributed by atoms with E-state index in [0.717, 1.165) is 49.1 Å². The third-order valence-corrected chi connectivity index (χ3v) is 9.42. The first-order chi connectivity index (χ1) is 16.5. The maximum Gasteiger partial charge on any atom is 0.387 e. The lowest BCUT2D eigenvalue weighted by Crippen LogP contribution is -2.64. The minimum atomic E-state index is -3.10. The molecular formula is C24H28F3N3O4S. The van der Waals surface area contributed by atoms with Crippen LogP contribution >= 0.6 is 0 Å². The van der Waals surface area contributed by atoms with E-state index in [-0.39, 0.29) is 40.7 Å². The summed E-state index contributed by atoms with van der Waals surface area (Å²) in [5, 5.41) is 7.68. The SMILES string of the molecule is CC1(NC(=O)[C@@H]2CCc3c(-c4cc(OC(F)F)ccc4F)nn(C4CCCC4)c3C2)CS(=O)(=O)C1. The number of ether oxygens (including phenoxy) is 1.